The van der Waals surface area contributed by atoms with Crippen LogP contribution in [0.25, 0.3) is 0 Å². The molecule has 2 aromatic rings. The first kappa shape index (κ1) is 22.5. The van der Waals surface area contributed by atoms with Crippen molar-refractivity contribution in [2.45, 2.75) is 25.9 Å². The molecule has 0 bridgehead atoms. The molecule has 1 aliphatic rings. The van der Waals surface area contributed by atoms with Crippen LogP contribution in [0.2, 0.25) is 0 Å². The molecule has 5 nitrogen and oxygen atoms in total. The Balaban J connectivity index is 1.27. The lowest BCUT2D eigenvalue weighted by atomic mass is 10.0. The third kappa shape index (κ3) is 6.97. The second-order valence-electron chi connectivity index (χ2n) is 8.07. The zero-order chi connectivity index (χ0) is 21.3. The maximum Gasteiger partial charge on any atom is 0.123 e. The van der Waals surface area contributed by atoms with E-state index in [0.29, 0.717) is 32.3 Å². The smallest absolute Gasteiger partial charge is 0.123 e. The van der Waals surface area contributed by atoms with Gasteiger partial charge in [0.15, 0.2) is 0 Å². The SMILES string of the molecule is CC(C)c1ccc(OCCOC[C@H](O)CN2CCN(c3ccc(F)cc3)CC2)cc1. The first-order valence-electron chi connectivity index (χ1n) is 10.7. The van der Waals surface area contributed by atoms with Gasteiger partial charge in [-0.15, -0.1) is 0 Å². The number of anilines is 1. The number of β-amino-alcohol motifs (C(OH)–C–C–N with tert-alkyl or cyclic N) is 1. The van der Waals surface area contributed by atoms with Crippen LogP contribution in [0.15, 0.2) is 48.5 Å². The van der Waals surface area contributed by atoms with Crippen LogP contribution in [-0.4, -0.2) is 68.7 Å². The van der Waals surface area contributed by atoms with Crippen LogP contribution in [0.1, 0.15) is 25.3 Å². The lowest BCUT2D eigenvalue weighted by molar-refractivity contribution is 0.00718. The van der Waals surface area contributed by atoms with Crippen LogP contribution in [0.3, 0.4) is 0 Å². The highest BCUT2D eigenvalue weighted by Crippen LogP contribution is 2.19. The minimum Gasteiger partial charge on any atom is -0.491 e. The Morgan fingerprint density at radius 2 is 1.60 bits per heavy atom. The molecule has 164 valence electrons. The summed E-state index contributed by atoms with van der Waals surface area (Å²) < 4.78 is 24.3. The van der Waals surface area contributed by atoms with Crippen molar-refractivity contribution < 1.29 is 19.0 Å². The maximum atomic E-state index is 13.1. The van der Waals surface area contributed by atoms with Gasteiger partial charge in [-0.05, 0) is 47.9 Å². The summed E-state index contributed by atoms with van der Waals surface area (Å²) in [5.74, 6) is 1.13. The molecule has 0 saturated carbocycles. The number of nitrogens with zero attached hydrogens (tertiary/aromatic N) is 2. The first-order valence-corrected chi connectivity index (χ1v) is 10.7. The number of benzene rings is 2. The molecule has 0 aromatic heterocycles. The van der Waals surface area contributed by atoms with E-state index in [1.807, 2.05) is 24.3 Å². The summed E-state index contributed by atoms with van der Waals surface area (Å²) in [5, 5.41) is 10.3. The zero-order valence-corrected chi connectivity index (χ0v) is 18.0. The van der Waals surface area contributed by atoms with Gasteiger partial charge in [-0.25, -0.2) is 4.39 Å². The predicted molar refractivity (Wildman–Crippen MR) is 118 cm³/mol. The van der Waals surface area contributed by atoms with Crippen molar-refractivity contribution in [3.63, 3.8) is 0 Å². The lowest BCUT2D eigenvalue weighted by Crippen LogP contribution is -2.49. The van der Waals surface area contributed by atoms with Gasteiger partial charge in [0, 0.05) is 38.4 Å². The summed E-state index contributed by atoms with van der Waals surface area (Å²) in [5.41, 5.74) is 2.33. The average Bonchev–Trinajstić information content (AvgIpc) is 2.75. The molecule has 1 aliphatic heterocycles. The number of piperazine rings is 1. The van der Waals surface area contributed by atoms with E-state index in [4.69, 9.17) is 9.47 Å². The van der Waals surface area contributed by atoms with Gasteiger partial charge in [-0.3, -0.25) is 4.90 Å². The van der Waals surface area contributed by atoms with Gasteiger partial charge >= 0.3 is 0 Å². The van der Waals surface area contributed by atoms with E-state index >= 15 is 0 Å². The van der Waals surface area contributed by atoms with Crippen LogP contribution >= 0.6 is 0 Å². The summed E-state index contributed by atoms with van der Waals surface area (Å²) in [6.45, 7) is 9.59. The molecule has 0 amide bonds. The Hall–Kier alpha value is -2.15. The van der Waals surface area contributed by atoms with Gasteiger partial charge in [0.25, 0.3) is 0 Å². The second kappa shape index (κ2) is 11.3. The molecule has 0 radical (unpaired) electrons. The molecular formula is C24H33FN2O3. The fourth-order valence-electron chi connectivity index (χ4n) is 3.58. The molecule has 1 heterocycles. The number of ether oxygens (including phenoxy) is 2. The van der Waals surface area contributed by atoms with Gasteiger partial charge in [0.1, 0.15) is 18.2 Å². The molecule has 2 aromatic carbocycles. The van der Waals surface area contributed by atoms with Crippen LogP contribution < -0.4 is 9.64 Å². The van der Waals surface area contributed by atoms with Crippen molar-refractivity contribution in [2.75, 3.05) is 57.4 Å². The van der Waals surface area contributed by atoms with E-state index in [1.54, 1.807) is 0 Å². The third-order valence-electron chi connectivity index (χ3n) is 5.39. The Kier molecular flexibility index (Phi) is 8.49. The summed E-state index contributed by atoms with van der Waals surface area (Å²) in [6.07, 6.45) is -0.521. The van der Waals surface area contributed by atoms with E-state index in [-0.39, 0.29) is 5.82 Å². The van der Waals surface area contributed by atoms with E-state index < -0.39 is 6.10 Å². The Labute approximate surface area is 179 Å². The fraction of sp³-hybridized carbons (Fsp3) is 0.500. The predicted octanol–water partition coefficient (Wildman–Crippen LogP) is 3.53. The van der Waals surface area contributed by atoms with Gasteiger partial charge in [0.2, 0.25) is 0 Å². The van der Waals surface area contributed by atoms with Crippen LogP contribution in [0.5, 0.6) is 5.75 Å². The van der Waals surface area contributed by atoms with Crippen molar-refractivity contribution in [3.8, 4) is 5.75 Å². The minimum atomic E-state index is -0.521. The zero-order valence-electron chi connectivity index (χ0n) is 18.0. The molecule has 1 fully saturated rings. The normalized spacial score (nSPS) is 16.1. The van der Waals surface area contributed by atoms with E-state index in [9.17, 15) is 9.50 Å². The van der Waals surface area contributed by atoms with Crippen LogP contribution in [-0.2, 0) is 4.74 Å². The minimum absolute atomic E-state index is 0.213. The molecule has 3 rings (SSSR count). The average molecular weight is 417 g/mol. The highest BCUT2D eigenvalue weighted by molar-refractivity contribution is 5.46. The van der Waals surface area contributed by atoms with E-state index in [2.05, 4.69) is 35.8 Å². The molecule has 1 N–H and O–H groups in total. The largest absolute Gasteiger partial charge is 0.491 e. The molecule has 0 aliphatic carbocycles. The highest BCUT2D eigenvalue weighted by atomic mass is 19.1. The first-order chi connectivity index (χ1) is 14.5. The monoisotopic (exact) mass is 416 g/mol. The fourth-order valence-corrected chi connectivity index (χ4v) is 3.58. The van der Waals surface area contributed by atoms with Crippen molar-refractivity contribution in [3.05, 3.63) is 59.9 Å². The van der Waals surface area contributed by atoms with Crippen LogP contribution in [0.4, 0.5) is 10.1 Å². The van der Waals surface area contributed by atoms with Gasteiger partial charge in [-0.2, -0.15) is 0 Å². The standard InChI is InChI=1S/C24H33FN2O3/c1-19(2)20-3-9-24(10-4-20)30-16-15-29-18-23(28)17-26-11-13-27(14-12-26)22-7-5-21(25)6-8-22/h3-10,19,23,28H,11-18H2,1-2H3/t23-/m1/s1. The third-order valence-corrected chi connectivity index (χ3v) is 5.39. The Morgan fingerprint density at radius 1 is 0.933 bits per heavy atom. The maximum absolute atomic E-state index is 13.1. The summed E-state index contributed by atoms with van der Waals surface area (Å²) in [6, 6.07) is 14.7. The van der Waals surface area contributed by atoms with Crippen molar-refractivity contribution >= 4 is 5.69 Å². The van der Waals surface area contributed by atoms with Crippen molar-refractivity contribution in [1.82, 2.24) is 4.90 Å². The molecule has 1 saturated heterocycles. The number of halogens is 1. The van der Waals surface area contributed by atoms with Gasteiger partial charge in [0.05, 0.1) is 19.3 Å². The number of aliphatic hydroxyl groups is 1. The van der Waals surface area contributed by atoms with Gasteiger partial charge < -0.3 is 19.5 Å². The van der Waals surface area contributed by atoms with Crippen molar-refractivity contribution in [1.29, 1.82) is 0 Å². The van der Waals surface area contributed by atoms with Crippen molar-refractivity contribution in [2.24, 2.45) is 0 Å². The quantitative estimate of drug-likeness (QED) is 0.601. The summed E-state index contributed by atoms with van der Waals surface area (Å²) in [7, 11) is 0. The van der Waals surface area contributed by atoms with E-state index in [1.165, 1.54) is 17.7 Å². The highest BCUT2D eigenvalue weighted by Gasteiger charge is 2.19. The molecule has 0 unspecified atom stereocenters. The molecular weight excluding hydrogens is 383 g/mol. The number of rotatable bonds is 10. The van der Waals surface area contributed by atoms with E-state index in [0.717, 1.165) is 37.6 Å². The molecule has 1 atom stereocenters. The Bertz CT molecular complexity index is 744. The van der Waals surface area contributed by atoms with Gasteiger partial charge in [-0.1, -0.05) is 26.0 Å². The molecule has 6 heteroatoms. The number of aliphatic hydroxyl groups excluding tert-OH is 1. The lowest BCUT2D eigenvalue weighted by Gasteiger charge is -2.36. The number of hydrogen-bond donors (Lipinski definition) is 1. The number of hydrogen-bond acceptors (Lipinski definition) is 5. The summed E-state index contributed by atoms with van der Waals surface area (Å²) in [4.78, 5) is 4.48. The van der Waals surface area contributed by atoms with Crippen LogP contribution in [0, 0.1) is 5.82 Å². The molecule has 0 spiro atoms. The molecule has 30 heavy (non-hydrogen) atoms. The summed E-state index contributed by atoms with van der Waals surface area (Å²) >= 11 is 0. The second-order valence-corrected chi connectivity index (χ2v) is 8.07. The Morgan fingerprint density at radius 3 is 2.23 bits per heavy atom. The topological polar surface area (TPSA) is 45.2 Å².